The Morgan fingerprint density at radius 1 is 1.22 bits per heavy atom. The number of benzene rings is 1. The van der Waals surface area contributed by atoms with Crippen molar-refractivity contribution in [3.05, 3.63) is 29.8 Å². The number of ether oxygens (including phenoxy) is 1. The number of carbonyl (C=O) groups is 1. The van der Waals surface area contributed by atoms with Crippen LogP contribution in [0, 0.1) is 0 Å². The molecule has 2 amide bonds. The van der Waals surface area contributed by atoms with Crippen LogP contribution >= 0.6 is 0 Å². The van der Waals surface area contributed by atoms with E-state index in [2.05, 4.69) is 24.5 Å². The van der Waals surface area contributed by atoms with Crippen LogP contribution < -0.4 is 15.4 Å². The molecule has 0 unspecified atom stereocenters. The van der Waals surface area contributed by atoms with E-state index in [4.69, 9.17) is 4.74 Å². The topological polar surface area (TPSA) is 50.4 Å². The molecule has 2 N–H and O–H groups in total. The van der Waals surface area contributed by atoms with Gasteiger partial charge in [-0.2, -0.15) is 0 Å². The third-order valence-corrected chi connectivity index (χ3v) is 2.93. The highest BCUT2D eigenvalue weighted by atomic mass is 16.5. The van der Waals surface area contributed by atoms with Crippen LogP contribution in [0.15, 0.2) is 24.3 Å². The molecular weight excluding hydrogens is 228 g/mol. The molecule has 0 saturated heterocycles. The smallest absolute Gasteiger partial charge is 0.315 e. The first-order chi connectivity index (χ1) is 8.69. The molecule has 0 bridgehead atoms. The number of amides is 2. The van der Waals surface area contributed by atoms with Gasteiger partial charge in [0.15, 0.2) is 0 Å². The Kier molecular flexibility index (Phi) is 6.05. The highest BCUT2D eigenvalue weighted by molar-refractivity contribution is 5.74. The van der Waals surface area contributed by atoms with Gasteiger partial charge in [-0.3, -0.25) is 0 Å². The van der Waals surface area contributed by atoms with E-state index in [9.17, 15) is 4.79 Å². The lowest BCUT2D eigenvalue weighted by Gasteiger charge is -2.15. The first-order valence-corrected chi connectivity index (χ1v) is 6.36. The van der Waals surface area contributed by atoms with Crippen LogP contribution in [-0.2, 0) is 6.54 Å². The SMILES string of the molecule is CCC(CC)NC(=O)NCc1ccc(OC)cc1. The summed E-state index contributed by atoms with van der Waals surface area (Å²) in [5.74, 6) is 0.820. The maximum atomic E-state index is 11.6. The van der Waals surface area contributed by atoms with Crippen molar-refractivity contribution in [2.45, 2.75) is 39.3 Å². The predicted molar refractivity (Wildman–Crippen MR) is 72.7 cm³/mol. The molecule has 0 saturated carbocycles. The molecule has 0 aromatic heterocycles. The Morgan fingerprint density at radius 3 is 2.33 bits per heavy atom. The fourth-order valence-corrected chi connectivity index (χ4v) is 1.65. The molecule has 0 atom stereocenters. The Balaban J connectivity index is 2.37. The Bertz CT molecular complexity index is 359. The molecule has 1 aromatic carbocycles. The summed E-state index contributed by atoms with van der Waals surface area (Å²) in [5, 5.41) is 5.78. The molecule has 0 heterocycles. The molecule has 0 spiro atoms. The summed E-state index contributed by atoms with van der Waals surface area (Å²) in [6.07, 6.45) is 1.90. The van der Waals surface area contributed by atoms with Gasteiger partial charge in [0.05, 0.1) is 7.11 Å². The van der Waals surface area contributed by atoms with Gasteiger partial charge in [-0.25, -0.2) is 4.79 Å². The molecule has 1 aromatic rings. The van der Waals surface area contributed by atoms with Crippen LogP contribution in [0.2, 0.25) is 0 Å². The second-order valence-electron chi connectivity index (χ2n) is 4.19. The molecule has 1 rings (SSSR count). The zero-order chi connectivity index (χ0) is 13.4. The third-order valence-electron chi connectivity index (χ3n) is 2.93. The summed E-state index contributed by atoms with van der Waals surface area (Å²) in [4.78, 5) is 11.6. The van der Waals surface area contributed by atoms with Gasteiger partial charge in [-0.05, 0) is 30.5 Å². The number of hydrogen-bond donors (Lipinski definition) is 2. The normalized spacial score (nSPS) is 10.2. The number of hydrogen-bond acceptors (Lipinski definition) is 2. The van der Waals surface area contributed by atoms with E-state index < -0.39 is 0 Å². The van der Waals surface area contributed by atoms with Gasteiger partial charge >= 0.3 is 6.03 Å². The maximum absolute atomic E-state index is 11.6. The van der Waals surface area contributed by atoms with Crippen LogP contribution in [-0.4, -0.2) is 19.2 Å². The fourth-order valence-electron chi connectivity index (χ4n) is 1.65. The molecule has 0 aliphatic carbocycles. The van der Waals surface area contributed by atoms with Crippen molar-refractivity contribution in [2.75, 3.05) is 7.11 Å². The van der Waals surface area contributed by atoms with Crippen LogP contribution in [0.1, 0.15) is 32.3 Å². The molecule has 4 nitrogen and oxygen atoms in total. The van der Waals surface area contributed by atoms with E-state index in [1.54, 1.807) is 7.11 Å². The third kappa shape index (κ3) is 4.65. The molecule has 18 heavy (non-hydrogen) atoms. The van der Waals surface area contributed by atoms with Crippen molar-refractivity contribution >= 4 is 6.03 Å². The maximum Gasteiger partial charge on any atom is 0.315 e. The summed E-state index contributed by atoms with van der Waals surface area (Å²) in [5.41, 5.74) is 1.05. The van der Waals surface area contributed by atoms with Crippen molar-refractivity contribution in [3.8, 4) is 5.75 Å². The average Bonchev–Trinajstić information content (AvgIpc) is 2.43. The van der Waals surface area contributed by atoms with Crippen LogP contribution in [0.4, 0.5) is 4.79 Å². The average molecular weight is 250 g/mol. The zero-order valence-corrected chi connectivity index (χ0v) is 11.3. The highest BCUT2D eigenvalue weighted by Gasteiger charge is 2.07. The summed E-state index contributed by atoms with van der Waals surface area (Å²) < 4.78 is 5.08. The van der Waals surface area contributed by atoms with Crippen molar-refractivity contribution in [1.82, 2.24) is 10.6 Å². The summed E-state index contributed by atoms with van der Waals surface area (Å²) in [6.45, 7) is 4.66. The minimum absolute atomic E-state index is 0.112. The Morgan fingerprint density at radius 2 is 1.83 bits per heavy atom. The monoisotopic (exact) mass is 250 g/mol. The Labute approximate surface area is 109 Å². The van der Waals surface area contributed by atoms with Gasteiger partial charge < -0.3 is 15.4 Å². The van der Waals surface area contributed by atoms with E-state index in [1.165, 1.54) is 0 Å². The van der Waals surface area contributed by atoms with Gasteiger partial charge in [-0.15, -0.1) is 0 Å². The summed E-state index contributed by atoms with van der Waals surface area (Å²) >= 11 is 0. The van der Waals surface area contributed by atoms with Crippen molar-refractivity contribution in [1.29, 1.82) is 0 Å². The zero-order valence-electron chi connectivity index (χ0n) is 11.3. The van der Waals surface area contributed by atoms with E-state index in [1.807, 2.05) is 24.3 Å². The number of methoxy groups -OCH3 is 1. The van der Waals surface area contributed by atoms with Gasteiger partial charge in [0, 0.05) is 12.6 Å². The molecule has 0 fully saturated rings. The first kappa shape index (κ1) is 14.4. The van der Waals surface area contributed by atoms with E-state index >= 15 is 0 Å². The largest absolute Gasteiger partial charge is 0.497 e. The lowest BCUT2D eigenvalue weighted by molar-refractivity contribution is 0.235. The van der Waals surface area contributed by atoms with E-state index in [-0.39, 0.29) is 12.1 Å². The molecule has 0 aliphatic rings. The van der Waals surface area contributed by atoms with Crippen molar-refractivity contribution < 1.29 is 9.53 Å². The number of rotatable bonds is 6. The molecule has 0 aliphatic heterocycles. The van der Waals surface area contributed by atoms with Crippen LogP contribution in [0.5, 0.6) is 5.75 Å². The summed E-state index contributed by atoms with van der Waals surface area (Å²) in [7, 11) is 1.64. The minimum Gasteiger partial charge on any atom is -0.497 e. The van der Waals surface area contributed by atoms with Crippen molar-refractivity contribution in [2.24, 2.45) is 0 Å². The summed E-state index contributed by atoms with van der Waals surface area (Å²) in [6, 6.07) is 7.79. The lowest BCUT2D eigenvalue weighted by atomic mass is 10.2. The lowest BCUT2D eigenvalue weighted by Crippen LogP contribution is -2.41. The first-order valence-electron chi connectivity index (χ1n) is 6.36. The second kappa shape index (κ2) is 7.58. The fraction of sp³-hybridized carbons (Fsp3) is 0.500. The molecule has 0 radical (unpaired) electrons. The number of urea groups is 1. The predicted octanol–water partition coefficient (Wildman–Crippen LogP) is 2.68. The van der Waals surface area contributed by atoms with Crippen LogP contribution in [0.25, 0.3) is 0 Å². The van der Waals surface area contributed by atoms with E-state index in [0.717, 1.165) is 24.2 Å². The Hall–Kier alpha value is -1.71. The van der Waals surface area contributed by atoms with Crippen LogP contribution in [0.3, 0.4) is 0 Å². The number of nitrogens with one attached hydrogen (secondary N) is 2. The van der Waals surface area contributed by atoms with Gasteiger partial charge in [0.2, 0.25) is 0 Å². The molecule has 100 valence electrons. The second-order valence-corrected chi connectivity index (χ2v) is 4.19. The standard InChI is InChI=1S/C14H22N2O2/c1-4-12(5-2)16-14(17)15-10-11-6-8-13(18-3)9-7-11/h6-9,12H,4-5,10H2,1-3H3,(H2,15,16,17). The minimum atomic E-state index is -0.112. The van der Waals surface area contributed by atoms with E-state index in [0.29, 0.717) is 6.54 Å². The molecule has 4 heteroatoms. The van der Waals surface area contributed by atoms with Crippen molar-refractivity contribution in [3.63, 3.8) is 0 Å². The van der Waals surface area contributed by atoms with Gasteiger partial charge in [0.1, 0.15) is 5.75 Å². The highest BCUT2D eigenvalue weighted by Crippen LogP contribution is 2.10. The number of carbonyl (C=O) groups excluding carboxylic acids is 1. The molecular formula is C14H22N2O2. The van der Waals surface area contributed by atoms with Gasteiger partial charge in [-0.1, -0.05) is 26.0 Å². The van der Waals surface area contributed by atoms with Gasteiger partial charge in [0.25, 0.3) is 0 Å². The quantitative estimate of drug-likeness (QED) is 0.815.